The van der Waals surface area contributed by atoms with Crippen molar-refractivity contribution in [2.45, 2.75) is 31.6 Å². The molecule has 0 aromatic heterocycles. The monoisotopic (exact) mass is 214 g/mol. The second-order valence-corrected chi connectivity index (χ2v) is 4.51. The lowest BCUT2D eigenvalue weighted by molar-refractivity contribution is -0.121. The highest BCUT2D eigenvalue weighted by Crippen LogP contribution is 2.37. The first-order chi connectivity index (χ1) is 7.83. The molecule has 1 aromatic rings. The predicted molar refractivity (Wildman–Crippen MR) is 66.3 cm³/mol. The molecule has 0 heterocycles. The lowest BCUT2D eigenvalue weighted by Crippen LogP contribution is -2.16. The van der Waals surface area contributed by atoms with Gasteiger partial charge in [-0.2, -0.15) is 0 Å². The molecule has 0 aliphatic heterocycles. The van der Waals surface area contributed by atoms with Gasteiger partial charge >= 0.3 is 0 Å². The van der Waals surface area contributed by atoms with E-state index in [1.54, 1.807) is 0 Å². The molecule has 1 heteroatoms. The van der Waals surface area contributed by atoms with Crippen LogP contribution in [0, 0.1) is 5.92 Å². The van der Waals surface area contributed by atoms with Crippen molar-refractivity contribution >= 4 is 5.78 Å². The van der Waals surface area contributed by atoms with Crippen molar-refractivity contribution in [1.82, 2.24) is 0 Å². The molecule has 0 spiro atoms. The van der Waals surface area contributed by atoms with Crippen molar-refractivity contribution < 1.29 is 4.79 Å². The van der Waals surface area contributed by atoms with Crippen LogP contribution in [0.5, 0.6) is 0 Å². The maximum Gasteiger partial charge on any atom is 0.136 e. The summed E-state index contributed by atoms with van der Waals surface area (Å²) in [6, 6.07) is 10.4. The molecule has 1 aromatic carbocycles. The number of benzene rings is 1. The van der Waals surface area contributed by atoms with Gasteiger partial charge in [0.2, 0.25) is 0 Å². The van der Waals surface area contributed by atoms with Gasteiger partial charge in [0.25, 0.3) is 0 Å². The predicted octanol–water partition coefficient (Wildman–Crippen LogP) is 3.72. The zero-order chi connectivity index (χ0) is 11.4. The van der Waals surface area contributed by atoms with E-state index in [1.165, 1.54) is 5.56 Å². The normalized spacial score (nSPS) is 22.0. The first-order valence-electron chi connectivity index (χ1n) is 6.01. The molecule has 2 rings (SSSR count). The number of hydrogen-bond acceptors (Lipinski definition) is 1. The summed E-state index contributed by atoms with van der Waals surface area (Å²) >= 11 is 0. The van der Waals surface area contributed by atoms with Gasteiger partial charge in [-0.05, 0) is 30.7 Å². The molecule has 0 bridgehead atoms. The summed E-state index contributed by atoms with van der Waals surface area (Å²) in [7, 11) is 0. The molecule has 0 radical (unpaired) electrons. The first-order valence-corrected chi connectivity index (χ1v) is 6.01. The van der Waals surface area contributed by atoms with Gasteiger partial charge in [-0.1, -0.05) is 36.4 Å². The smallest absolute Gasteiger partial charge is 0.136 e. The molecule has 1 fully saturated rings. The molecule has 1 aliphatic rings. The van der Waals surface area contributed by atoms with Crippen molar-refractivity contribution in [3.05, 3.63) is 48.6 Å². The Morgan fingerprint density at radius 1 is 1.38 bits per heavy atom. The van der Waals surface area contributed by atoms with E-state index in [1.807, 2.05) is 24.3 Å². The van der Waals surface area contributed by atoms with E-state index < -0.39 is 0 Å². The minimum Gasteiger partial charge on any atom is -0.299 e. The van der Waals surface area contributed by atoms with E-state index in [9.17, 15) is 4.79 Å². The summed E-state index contributed by atoms with van der Waals surface area (Å²) in [5.41, 5.74) is 1.28. The van der Waals surface area contributed by atoms with E-state index >= 15 is 0 Å². The van der Waals surface area contributed by atoms with Crippen LogP contribution < -0.4 is 0 Å². The number of hydrogen-bond donors (Lipinski definition) is 0. The van der Waals surface area contributed by atoms with Crippen molar-refractivity contribution in [3.8, 4) is 0 Å². The molecular formula is C15H18O. The zero-order valence-electron chi connectivity index (χ0n) is 9.56. The van der Waals surface area contributed by atoms with Crippen LogP contribution in [0.2, 0.25) is 0 Å². The summed E-state index contributed by atoms with van der Waals surface area (Å²) in [5, 5.41) is 0. The average molecular weight is 214 g/mol. The summed E-state index contributed by atoms with van der Waals surface area (Å²) in [4.78, 5) is 11.8. The fraction of sp³-hybridized carbons (Fsp3) is 0.400. The molecule has 2 unspecified atom stereocenters. The standard InChI is InChI=1S/C15H18O/c1-2-7-13(12-8-4-3-5-9-12)14-10-6-11-15(14)16/h2-5,8-9,13-14H,1,6-7,10-11H2. The Kier molecular flexibility index (Phi) is 3.55. The van der Waals surface area contributed by atoms with Crippen LogP contribution >= 0.6 is 0 Å². The Labute approximate surface area is 97.2 Å². The lowest BCUT2D eigenvalue weighted by atomic mass is 9.82. The van der Waals surface area contributed by atoms with Crippen LogP contribution in [-0.4, -0.2) is 5.78 Å². The second kappa shape index (κ2) is 5.11. The summed E-state index contributed by atoms with van der Waals surface area (Å²) in [6.45, 7) is 3.81. The topological polar surface area (TPSA) is 17.1 Å². The Morgan fingerprint density at radius 3 is 2.69 bits per heavy atom. The Hall–Kier alpha value is -1.37. The minimum atomic E-state index is 0.223. The Balaban J connectivity index is 2.23. The highest BCUT2D eigenvalue weighted by molar-refractivity contribution is 5.83. The number of Topliss-reactive ketones (excluding diaryl/α,β-unsaturated/α-hetero) is 1. The zero-order valence-corrected chi connectivity index (χ0v) is 9.56. The maximum atomic E-state index is 11.8. The van der Waals surface area contributed by atoms with Gasteiger partial charge < -0.3 is 0 Å². The molecule has 0 saturated heterocycles. The Bertz CT molecular complexity index is 366. The fourth-order valence-electron chi connectivity index (χ4n) is 2.68. The van der Waals surface area contributed by atoms with Crippen LogP contribution in [-0.2, 0) is 4.79 Å². The van der Waals surface area contributed by atoms with Crippen molar-refractivity contribution in [3.63, 3.8) is 0 Å². The number of ketones is 1. The first kappa shape index (κ1) is 11.1. The van der Waals surface area contributed by atoms with Crippen LogP contribution in [0.25, 0.3) is 0 Å². The third kappa shape index (κ3) is 2.24. The Morgan fingerprint density at radius 2 is 2.12 bits per heavy atom. The average Bonchev–Trinajstić information content (AvgIpc) is 2.73. The number of rotatable bonds is 4. The molecule has 1 nitrogen and oxygen atoms in total. The van der Waals surface area contributed by atoms with Crippen molar-refractivity contribution in [2.24, 2.45) is 5.92 Å². The molecule has 0 N–H and O–H groups in total. The number of carbonyl (C=O) groups is 1. The molecular weight excluding hydrogens is 196 g/mol. The SMILES string of the molecule is C=CCC(c1ccccc1)C1CCCC1=O. The van der Waals surface area contributed by atoms with Gasteiger partial charge in [-0.25, -0.2) is 0 Å². The van der Waals surface area contributed by atoms with Gasteiger partial charge in [0, 0.05) is 12.3 Å². The van der Waals surface area contributed by atoms with E-state index in [4.69, 9.17) is 0 Å². The van der Waals surface area contributed by atoms with Crippen molar-refractivity contribution in [2.75, 3.05) is 0 Å². The summed E-state index contributed by atoms with van der Waals surface area (Å²) < 4.78 is 0. The molecule has 16 heavy (non-hydrogen) atoms. The van der Waals surface area contributed by atoms with Crippen LogP contribution in [0.15, 0.2) is 43.0 Å². The van der Waals surface area contributed by atoms with E-state index in [0.717, 1.165) is 25.7 Å². The fourth-order valence-corrected chi connectivity index (χ4v) is 2.68. The van der Waals surface area contributed by atoms with Gasteiger partial charge in [0.1, 0.15) is 5.78 Å². The lowest BCUT2D eigenvalue weighted by Gasteiger charge is -2.21. The molecule has 1 aliphatic carbocycles. The highest BCUT2D eigenvalue weighted by Gasteiger charge is 2.31. The third-order valence-corrected chi connectivity index (χ3v) is 3.49. The van der Waals surface area contributed by atoms with Crippen LogP contribution in [0.4, 0.5) is 0 Å². The third-order valence-electron chi connectivity index (χ3n) is 3.49. The minimum absolute atomic E-state index is 0.223. The molecule has 2 atom stereocenters. The molecule has 84 valence electrons. The van der Waals surface area contributed by atoms with Gasteiger partial charge in [-0.15, -0.1) is 6.58 Å². The quantitative estimate of drug-likeness (QED) is 0.698. The van der Waals surface area contributed by atoms with Crippen LogP contribution in [0.3, 0.4) is 0 Å². The second-order valence-electron chi connectivity index (χ2n) is 4.51. The maximum absolute atomic E-state index is 11.8. The van der Waals surface area contributed by atoms with Gasteiger partial charge in [0.15, 0.2) is 0 Å². The van der Waals surface area contributed by atoms with Gasteiger partial charge in [0.05, 0.1) is 0 Å². The largest absolute Gasteiger partial charge is 0.299 e. The highest BCUT2D eigenvalue weighted by atomic mass is 16.1. The van der Waals surface area contributed by atoms with E-state index in [2.05, 4.69) is 18.7 Å². The number of allylic oxidation sites excluding steroid dienone is 1. The molecule has 0 amide bonds. The summed E-state index contributed by atoms with van der Waals surface area (Å²) in [6.07, 6.45) is 5.71. The summed E-state index contributed by atoms with van der Waals surface area (Å²) in [5.74, 6) is 1.00. The van der Waals surface area contributed by atoms with E-state index in [0.29, 0.717) is 11.7 Å². The van der Waals surface area contributed by atoms with E-state index in [-0.39, 0.29) is 5.92 Å². The van der Waals surface area contributed by atoms with Crippen LogP contribution in [0.1, 0.15) is 37.2 Å². The number of carbonyl (C=O) groups excluding carboxylic acids is 1. The van der Waals surface area contributed by atoms with Gasteiger partial charge in [-0.3, -0.25) is 4.79 Å². The van der Waals surface area contributed by atoms with Crippen molar-refractivity contribution in [1.29, 1.82) is 0 Å². The molecule has 1 saturated carbocycles.